The first-order valence-corrected chi connectivity index (χ1v) is 6.30. The van der Waals surface area contributed by atoms with Crippen LogP contribution in [0.4, 0.5) is 0 Å². The zero-order valence-corrected chi connectivity index (χ0v) is 10.5. The van der Waals surface area contributed by atoms with Gasteiger partial charge in [-0.25, -0.2) is 0 Å². The molecule has 2 fully saturated rings. The summed E-state index contributed by atoms with van der Waals surface area (Å²) in [6.07, 6.45) is 3.56. The van der Waals surface area contributed by atoms with Gasteiger partial charge in [0, 0.05) is 12.6 Å². The zero-order valence-electron chi connectivity index (χ0n) is 10.5. The van der Waals surface area contributed by atoms with Gasteiger partial charge in [0.25, 0.3) is 0 Å². The Bertz CT molecular complexity index is 239. The Labute approximate surface area is 93.7 Å². The second-order valence-corrected chi connectivity index (χ2v) is 6.45. The van der Waals surface area contributed by atoms with Gasteiger partial charge in [-0.1, -0.05) is 20.8 Å². The summed E-state index contributed by atoms with van der Waals surface area (Å²) < 4.78 is 0. The van der Waals surface area contributed by atoms with Gasteiger partial charge in [-0.15, -0.1) is 0 Å². The van der Waals surface area contributed by atoms with E-state index in [2.05, 4.69) is 32.7 Å². The van der Waals surface area contributed by atoms with Crippen LogP contribution in [0.3, 0.4) is 0 Å². The average Bonchev–Trinajstić information content (AvgIpc) is 2.73. The van der Waals surface area contributed by atoms with Crippen LogP contribution in [0.5, 0.6) is 0 Å². The molecule has 1 N–H and O–H groups in total. The number of hydrogen-bond donors (Lipinski definition) is 1. The zero-order chi connectivity index (χ0) is 11.2. The van der Waals surface area contributed by atoms with E-state index in [1.54, 1.807) is 0 Å². The predicted octanol–water partition coefficient (Wildman–Crippen LogP) is 2.12. The van der Waals surface area contributed by atoms with Crippen molar-refractivity contribution < 1.29 is 5.11 Å². The molecular weight excluding hydrogens is 186 g/mol. The minimum atomic E-state index is -0.142. The van der Waals surface area contributed by atoms with Crippen LogP contribution in [0.1, 0.15) is 40.0 Å². The van der Waals surface area contributed by atoms with Crippen molar-refractivity contribution in [1.82, 2.24) is 4.90 Å². The molecule has 0 aromatic carbocycles. The maximum absolute atomic E-state index is 10.2. The van der Waals surface area contributed by atoms with Crippen LogP contribution in [0.25, 0.3) is 0 Å². The molecule has 2 nitrogen and oxygen atoms in total. The molecule has 4 unspecified atom stereocenters. The van der Waals surface area contributed by atoms with E-state index in [0.29, 0.717) is 6.04 Å². The van der Waals surface area contributed by atoms with Crippen LogP contribution in [0.15, 0.2) is 0 Å². The van der Waals surface area contributed by atoms with E-state index in [9.17, 15) is 5.11 Å². The maximum atomic E-state index is 10.2. The third kappa shape index (κ3) is 2.21. The molecule has 0 aliphatic heterocycles. The first kappa shape index (κ1) is 11.4. The average molecular weight is 211 g/mol. The minimum Gasteiger partial charge on any atom is -0.391 e. The molecule has 2 aliphatic carbocycles. The Morgan fingerprint density at radius 2 is 2.00 bits per heavy atom. The maximum Gasteiger partial charge on any atom is 0.0746 e. The van der Waals surface area contributed by atoms with E-state index < -0.39 is 0 Å². The van der Waals surface area contributed by atoms with Crippen molar-refractivity contribution in [3.8, 4) is 0 Å². The molecule has 0 radical (unpaired) electrons. The Balaban J connectivity index is 1.88. The highest BCUT2D eigenvalue weighted by atomic mass is 16.3. The first-order valence-electron chi connectivity index (χ1n) is 6.30. The molecule has 2 aliphatic rings. The van der Waals surface area contributed by atoms with E-state index in [1.165, 1.54) is 13.0 Å². The van der Waals surface area contributed by atoms with Crippen LogP contribution >= 0.6 is 0 Å². The van der Waals surface area contributed by atoms with E-state index >= 15 is 0 Å². The SMILES string of the molecule is CC1CC1CN(C)C1CCC(C)(C)C1O. The highest BCUT2D eigenvalue weighted by molar-refractivity contribution is 4.97. The van der Waals surface area contributed by atoms with Crippen LogP contribution in [-0.2, 0) is 0 Å². The summed E-state index contributed by atoms with van der Waals surface area (Å²) in [5.74, 6) is 1.81. The number of aliphatic hydroxyl groups is 1. The smallest absolute Gasteiger partial charge is 0.0746 e. The molecule has 15 heavy (non-hydrogen) atoms. The van der Waals surface area contributed by atoms with Crippen molar-refractivity contribution in [3.63, 3.8) is 0 Å². The van der Waals surface area contributed by atoms with Gasteiger partial charge in [0.15, 0.2) is 0 Å². The summed E-state index contributed by atoms with van der Waals surface area (Å²) >= 11 is 0. The molecule has 2 heteroatoms. The number of aliphatic hydroxyl groups excluding tert-OH is 1. The molecule has 0 spiro atoms. The van der Waals surface area contributed by atoms with Gasteiger partial charge in [0.1, 0.15) is 0 Å². The Hall–Kier alpha value is -0.0800. The summed E-state index contributed by atoms with van der Waals surface area (Å²) in [6.45, 7) is 7.88. The van der Waals surface area contributed by atoms with Crippen LogP contribution in [-0.4, -0.2) is 35.7 Å². The Morgan fingerprint density at radius 3 is 2.40 bits per heavy atom. The summed E-state index contributed by atoms with van der Waals surface area (Å²) in [4.78, 5) is 2.40. The van der Waals surface area contributed by atoms with Gasteiger partial charge >= 0.3 is 0 Å². The fourth-order valence-electron chi connectivity index (χ4n) is 2.97. The van der Waals surface area contributed by atoms with Crippen molar-refractivity contribution in [2.45, 2.75) is 52.2 Å². The molecule has 2 rings (SSSR count). The fraction of sp³-hybridized carbons (Fsp3) is 1.00. The molecule has 0 bridgehead atoms. The topological polar surface area (TPSA) is 23.5 Å². The Kier molecular flexibility index (Phi) is 2.85. The van der Waals surface area contributed by atoms with E-state index in [0.717, 1.165) is 24.7 Å². The molecule has 0 aromatic rings. The number of hydrogen-bond acceptors (Lipinski definition) is 2. The molecule has 0 saturated heterocycles. The van der Waals surface area contributed by atoms with Gasteiger partial charge in [-0.3, -0.25) is 0 Å². The van der Waals surface area contributed by atoms with E-state index in [-0.39, 0.29) is 11.5 Å². The van der Waals surface area contributed by atoms with Crippen molar-refractivity contribution >= 4 is 0 Å². The van der Waals surface area contributed by atoms with Crippen LogP contribution in [0, 0.1) is 17.3 Å². The lowest BCUT2D eigenvalue weighted by Gasteiger charge is -2.31. The lowest BCUT2D eigenvalue weighted by molar-refractivity contribution is 0.0216. The van der Waals surface area contributed by atoms with Crippen molar-refractivity contribution in [3.05, 3.63) is 0 Å². The third-order valence-corrected chi connectivity index (χ3v) is 4.61. The molecule has 4 atom stereocenters. The summed E-state index contributed by atoms with van der Waals surface area (Å²) in [7, 11) is 2.18. The third-order valence-electron chi connectivity index (χ3n) is 4.61. The normalized spacial score (nSPS) is 43.6. The lowest BCUT2D eigenvalue weighted by atomic mass is 9.88. The second kappa shape index (κ2) is 3.74. The van der Waals surface area contributed by atoms with Crippen molar-refractivity contribution in [2.75, 3.05) is 13.6 Å². The Morgan fingerprint density at radius 1 is 1.40 bits per heavy atom. The number of rotatable bonds is 3. The standard InChI is InChI=1S/C13H25NO/c1-9-7-10(9)8-14(4)11-5-6-13(2,3)12(11)15/h9-12,15H,5-8H2,1-4H3. The molecule has 0 heterocycles. The van der Waals surface area contributed by atoms with Crippen molar-refractivity contribution in [2.24, 2.45) is 17.3 Å². The molecule has 0 amide bonds. The van der Waals surface area contributed by atoms with Crippen LogP contribution < -0.4 is 0 Å². The summed E-state index contributed by atoms with van der Waals surface area (Å²) in [6, 6.07) is 0.396. The number of likely N-dealkylation sites (N-methyl/N-ethyl adjacent to an activating group) is 1. The highest BCUT2D eigenvalue weighted by Gasteiger charge is 2.44. The van der Waals surface area contributed by atoms with Crippen LogP contribution in [0.2, 0.25) is 0 Å². The molecule has 2 saturated carbocycles. The minimum absolute atomic E-state index is 0.119. The van der Waals surface area contributed by atoms with Gasteiger partial charge in [-0.05, 0) is 43.6 Å². The molecule has 88 valence electrons. The second-order valence-electron chi connectivity index (χ2n) is 6.45. The quantitative estimate of drug-likeness (QED) is 0.773. The molecule has 0 aromatic heterocycles. The largest absolute Gasteiger partial charge is 0.391 e. The van der Waals surface area contributed by atoms with E-state index in [1.807, 2.05) is 0 Å². The lowest BCUT2D eigenvalue weighted by Crippen LogP contribution is -2.43. The first-order chi connectivity index (χ1) is 6.92. The summed E-state index contributed by atoms with van der Waals surface area (Å²) in [5.41, 5.74) is 0.119. The monoisotopic (exact) mass is 211 g/mol. The van der Waals surface area contributed by atoms with E-state index in [4.69, 9.17) is 0 Å². The number of nitrogens with zero attached hydrogens (tertiary/aromatic N) is 1. The van der Waals surface area contributed by atoms with Gasteiger partial charge in [-0.2, -0.15) is 0 Å². The predicted molar refractivity (Wildman–Crippen MR) is 62.7 cm³/mol. The van der Waals surface area contributed by atoms with Gasteiger partial charge in [0.05, 0.1) is 6.10 Å². The van der Waals surface area contributed by atoms with Crippen molar-refractivity contribution in [1.29, 1.82) is 0 Å². The molecular formula is C13H25NO. The van der Waals surface area contributed by atoms with Gasteiger partial charge in [0.2, 0.25) is 0 Å². The van der Waals surface area contributed by atoms with Gasteiger partial charge < -0.3 is 10.0 Å². The summed E-state index contributed by atoms with van der Waals surface area (Å²) in [5, 5.41) is 10.2. The highest BCUT2D eigenvalue weighted by Crippen LogP contribution is 2.42. The fourth-order valence-corrected chi connectivity index (χ4v) is 2.97.